The van der Waals surface area contributed by atoms with Gasteiger partial charge >= 0.3 is 5.97 Å². The Hall–Kier alpha value is -2.17. The van der Waals surface area contributed by atoms with Gasteiger partial charge in [0.15, 0.2) is 0 Å². The average Bonchev–Trinajstić information content (AvgIpc) is 2.60. The lowest BCUT2D eigenvalue weighted by molar-refractivity contribution is -0.186. The third kappa shape index (κ3) is 6.63. The fourth-order valence-electron chi connectivity index (χ4n) is 2.15. The Balaban J connectivity index is 1.89. The number of benzene rings is 2. The van der Waals surface area contributed by atoms with Gasteiger partial charge in [0.25, 0.3) is 0 Å². The number of rotatable bonds is 9. The van der Waals surface area contributed by atoms with Crippen LogP contribution in [-0.2, 0) is 27.5 Å². The van der Waals surface area contributed by atoms with Crippen LogP contribution in [0.4, 0.5) is 0 Å². The summed E-state index contributed by atoms with van der Waals surface area (Å²) in [5, 5.41) is 1.89. The molecule has 0 amide bonds. The van der Waals surface area contributed by atoms with Crippen LogP contribution >= 0.6 is 0 Å². The molecule has 0 fully saturated rings. The molecule has 0 saturated heterocycles. The number of carbonyl (C=O) groups is 1. The van der Waals surface area contributed by atoms with E-state index in [2.05, 4.69) is 24.3 Å². The summed E-state index contributed by atoms with van der Waals surface area (Å²) in [7, 11) is 0. The van der Waals surface area contributed by atoms with Crippen LogP contribution < -0.4 is 0 Å². The van der Waals surface area contributed by atoms with E-state index >= 15 is 0 Å². The molecule has 2 aromatic carbocycles. The van der Waals surface area contributed by atoms with E-state index in [0.717, 1.165) is 0 Å². The SMILES string of the molecule is CCC(=O)OCCON(Cc1ccccc1)Cc1ccccc1. The predicted molar refractivity (Wildman–Crippen MR) is 89.3 cm³/mol. The summed E-state index contributed by atoms with van der Waals surface area (Å²) in [4.78, 5) is 16.9. The first-order chi connectivity index (χ1) is 11.3. The second-order valence-electron chi connectivity index (χ2n) is 5.18. The zero-order valence-electron chi connectivity index (χ0n) is 13.5. The molecular formula is C19H23NO3. The third-order valence-electron chi connectivity index (χ3n) is 3.31. The number of esters is 1. The van der Waals surface area contributed by atoms with Crippen molar-refractivity contribution < 1.29 is 14.4 Å². The summed E-state index contributed by atoms with van der Waals surface area (Å²) in [5.41, 5.74) is 2.35. The second kappa shape index (κ2) is 9.77. The van der Waals surface area contributed by atoms with Crippen LogP contribution in [0.3, 0.4) is 0 Å². The Morgan fingerprint density at radius 1 is 0.870 bits per heavy atom. The van der Waals surface area contributed by atoms with Crippen molar-refractivity contribution in [2.24, 2.45) is 0 Å². The van der Waals surface area contributed by atoms with Gasteiger partial charge in [-0.05, 0) is 11.1 Å². The minimum Gasteiger partial charge on any atom is -0.463 e. The highest BCUT2D eigenvalue weighted by molar-refractivity contribution is 5.68. The van der Waals surface area contributed by atoms with E-state index in [1.54, 1.807) is 6.92 Å². The van der Waals surface area contributed by atoms with E-state index in [9.17, 15) is 4.79 Å². The van der Waals surface area contributed by atoms with Gasteiger partial charge in [0.05, 0.1) is 0 Å². The molecular weight excluding hydrogens is 290 g/mol. The van der Waals surface area contributed by atoms with Crippen molar-refractivity contribution in [3.05, 3.63) is 71.8 Å². The lowest BCUT2D eigenvalue weighted by atomic mass is 10.2. The van der Waals surface area contributed by atoms with Crippen LogP contribution in [0.25, 0.3) is 0 Å². The van der Waals surface area contributed by atoms with E-state index in [-0.39, 0.29) is 12.6 Å². The fourth-order valence-corrected chi connectivity index (χ4v) is 2.15. The van der Waals surface area contributed by atoms with Crippen molar-refractivity contribution in [2.75, 3.05) is 13.2 Å². The molecule has 0 atom stereocenters. The van der Waals surface area contributed by atoms with Crippen molar-refractivity contribution in [1.82, 2.24) is 5.06 Å². The summed E-state index contributed by atoms with van der Waals surface area (Å²) >= 11 is 0. The molecule has 2 aromatic rings. The summed E-state index contributed by atoms with van der Waals surface area (Å²) in [6, 6.07) is 20.3. The molecule has 122 valence electrons. The maximum atomic E-state index is 11.1. The average molecular weight is 313 g/mol. The molecule has 2 rings (SSSR count). The van der Waals surface area contributed by atoms with Crippen LogP contribution in [0.1, 0.15) is 24.5 Å². The highest BCUT2D eigenvalue weighted by atomic mass is 16.7. The van der Waals surface area contributed by atoms with Crippen LogP contribution in [0.15, 0.2) is 60.7 Å². The lowest BCUT2D eigenvalue weighted by Gasteiger charge is -2.22. The first-order valence-electron chi connectivity index (χ1n) is 7.89. The van der Waals surface area contributed by atoms with Gasteiger partial charge in [-0.1, -0.05) is 67.6 Å². The zero-order valence-corrected chi connectivity index (χ0v) is 13.5. The monoisotopic (exact) mass is 313 g/mol. The summed E-state index contributed by atoms with van der Waals surface area (Å²) in [6.45, 7) is 3.76. The Morgan fingerprint density at radius 2 is 1.39 bits per heavy atom. The van der Waals surface area contributed by atoms with Crippen molar-refractivity contribution in [3.63, 3.8) is 0 Å². The molecule has 0 heterocycles. The van der Waals surface area contributed by atoms with Crippen LogP contribution in [0, 0.1) is 0 Å². The summed E-state index contributed by atoms with van der Waals surface area (Å²) in [5.74, 6) is -0.203. The maximum Gasteiger partial charge on any atom is 0.305 e. The number of hydroxylamine groups is 2. The highest BCUT2D eigenvalue weighted by Gasteiger charge is 2.08. The van der Waals surface area contributed by atoms with Crippen LogP contribution in [0.2, 0.25) is 0 Å². The van der Waals surface area contributed by atoms with E-state index < -0.39 is 0 Å². The lowest BCUT2D eigenvalue weighted by Crippen LogP contribution is -2.25. The smallest absolute Gasteiger partial charge is 0.305 e. The Bertz CT molecular complexity index is 530. The van der Waals surface area contributed by atoms with Gasteiger partial charge in [-0.15, -0.1) is 0 Å². The quantitative estimate of drug-likeness (QED) is 0.403. The van der Waals surface area contributed by atoms with Gasteiger partial charge in [0.1, 0.15) is 13.2 Å². The molecule has 0 saturated carbocycles. The largest absolute Gasteiger partial charge is 0.463 e. The first-order valence-corrected chi connectivity index (χ1v) is 7.89. The standard InChI is InChI=1S/C19H23NO3/c1-2-19(21)22-13-14-23-20(15-17-9-5-3-6-10-17)16-18-11-7-4-8-12-18/h3-12H,2,13-16H2,1H3. The van der Waals surface area contributed by atoms with Crippen molar-refractivity contribution in [1.29, 1.82) is 0 Å². The topological polar surface area (TPSA) is 38.8 Å². The van der Waals surface area contributed by atoms with Crippen molar-refractivity contribution >= 4 is 5.97 Å². The molecule has 0 bridgehead atoms. The number of ether oxygens (including phenoxy) is 1. The van der Waals surface area contributed by atoms with E-state index in [1.807, 2.05) is 41.5 Å². The van der Waals surface area contributed by atoms with Gasteiger partial charge < -0.3 is 4.74 Å². The summed E-state index contributed by atoms with van der Waals surface area (Å²) < 4.78 is 5.05. The number of carbonyl (C=O) groups excluding carboxylic acids is 1. The molecule has 0 radical (unpaired) electrons. The molecule has 23 heavy (non-hydrogen) atoms. The van der Waals surface area contributed by atoms with Crippen molar-refractivity contribution in [2.45, 2.75) is 26.4 Å². The molecule has 4 heteroatoms. The number of nitrogens with zero attached hydrogens (tertiary/aromatic N) is 1. The van der Waals surface area contributed by atoms with Gasteiger partial charge in [0.2, 0.25) is 0 Å². The molecule has 0 unspecified atom stereocenters. The number of hydrogen-bond donors (Lipinski definition) is 0. The molecule has 0 spiro atoms. The third-order valence-corrected chi connectivity index (χ3v) is 3.31. The Morgan fingerprint density at radius 3 is 1.87 bits per heavy atom. The normalized spacial score (nSPS) is 10.7. The predicted octanol–water partition coefficient (Wildman–Crippen LogP) is 3.57. The first kappa shape index (κ1) is 17.2. The van der Waals surface area contributed by atoms with E-state index in [0.29, 0.717) is 26.1 Å². The fraction of sp³-hybridized carbons (Fsp3) is 0.316. The van der Waals surface area contributed by atoms with Gasteiger partial charge in [0, 0.05) is 19.5 Å². The van der Waals surface area contributed by atoms with Gasteiger partial charge in [-0.25, -0.2) is 0 Å². The minimum atomic E-state index is -0.203. The Kier molecular flexibility index (Phi) is 7.30. The number of hydrogen-bond acceptors (Lipinski definition) is 4. The van der Waals surface area contributed by atoms with Crippen molar-refractivity contribution in [3.8, 4) is 0 Å². The molecule has 0 aromatic heterocycles. The van der Waals surface area contributed by atoms with Gasteiger partial charge in [-0.2, -0.15) is 5.06 Å². The summed E-state index contributed by atoms with van der Waals surface area (Å²) in [6.07, 6.45) is 0.387. The van der Waals surface area contributed by atoms with Crippen LogP contribution in [-0.4, -0.2) is 24.2 Å². The van der Waals surface area contributed by atoms with Crippen LogP contribution in [0.5, 0.6) is 0 Å². The second-order valence-corrected chi connectivity index (χ2v) is 5.18. The molecule has 0 aliphatic carbocycles. The van der Waals surface area contributed by atoms with Gasteiger partial charge in [-0.3, -0.25) is 9.63 Å². The van der Waals surface area contributed by atoms with E-state index in [4.69, 9.17) is 9.57 Å². The minimum absolute atomic E-state index is 0.203. The molecule has 0 aliphatic heterocycles. The maximum absolute atomic E-state index is 11.1. The molecule has 0 aliphatic rings. The molecule has 4 nitrogen and oxygen atoms in total. The highest BCUT2D eigenvalue weighted by Crippen LogP contribution is 2.10. The molecule has 0 N–H and O–H groups in total. The zero-order chi connectivity index (χ0) is 16.3. The Labute approximate surface area is 137 Å². The van der Waals surface area contributed by atoms with E-state index in [1.165, 1.54) is 11.1 Å².